The maximum Gasteiger partial charge on any atom is 0.412 e. The molecule has 1 saturated carbocycles. The summed E-state index contributed by atoms with van der Waals surface area (Å²) in [7, 11) is 2.21. The average molecular weight is 674 g/mol. The summed E-state index contributed by atoms with van der Waals surface area (Å²) < 4.78 is 43.4. The third kappa shape index (κ3) is 5.25. The van der Waals surface area contributed by atoms with Gasteiger partial charge in [-0.15, -0.1) is 11.3 Å². The first-order chi connectivity index (χ1) is 23.0. The summed E-state index contributed by atoms with van der Waals surface area (Å²) >= 11 is 0.878. The Morgan fingerprint density at radius 3 is 2.56 bits per heavy atom. The first-order valence-corrected chi connectivity index (χ1v) is 17.3. The Bertz CT molecular complexity index is 2010. The molecule has 250 valence electrons. The molecule has 10 nitrogen and oxygen atoms in total. The molecular weight excluding hydrogens is 636 g/mol. The van der Waals surface area contributed by atoms with Gasteiger partial charge in [-0.1, -0.05) is 0 Å². The van der Waals surface area contributed by atoms with E-state index in [1.165, 1.54) is 25.9 Å². The second kappa shape index (κ2) is 11.6. The number of anilines is 2. The van der Waals surface area contributed by atoms with Gasteiger partial charge in [-0.05, 0) is 81.9 Å². The van der Waals surface area contributed by atoms with Crippen molar-refractivity contribution < 1.29 is 23.0 Å². The fourth-order valence-corrected chi connectivity index (χ4v) is 9.51. The number of nitrogens with one attached hydrogen (secondary N) is 1. The van der Waals surface area contributed by atoms with Gasteiger partial charge in [0.2, 0.25) is 5.95 Å². The second-order valence-corrected chi connectivity index (χ2v) is 15.8. The molecule has 0 spiro atoms. The van der Waals surface area contributed by atoms with E-state index >= 15 is 8.78 Å². The van der Waals surface area contributed by atoms with Crippen LogP contribution in [0.15, 0.2) is 12.4 Å². The number of amides is 1. The Kier molecular flexibility index (Phi) is 7.54. The highest BCUT2D eigenvalue weighted by Gasteiger charge is 2.44. The molecule has 1 unspecified atom stereocenters. The van der Waals surface area contributed by atoms with Crippen LogP contribution in [0.4, 0.5) is 24.5 Å². The van der Waals surface area contributed by atoms with Crippen LogP contribution >= 0.6 is 11.3 Å². The third-order valence-corrected chi connectivity index (χ3v) is 11.6. The lowest BCUT2D eigenvalue weighted by atomic mass is 9.89. The van der Waals surface area contributed by atoms with Crippen LogP contribution in [0, 0.1) is 46.6 Å². The predicted octanol–water partition coefficient (Wildman–Crippen LogP) is 6.85. The summed E-state index contributed by atoms with van der Waals surface area (Å²) in [4.78, 5) is 31.1. The number of carbonyl (C=O) groups excluding carboxylic acids is 1. The molecule has 6 heterocycles. The largest absolute Gasteiger partial charge is 0.444 e. The number of aromatic nitrogens is 3. The molecule has 4 aromatic rings. The van der Waals surface area contributed by atoms with Crippen LogP contribution in [0.5, 0.6) is 0 Å². The number of benzene rings is 1. The predicted molar refractivity (Wildman–Crippen MR) is 179 cm³/mol. The van der Waals surface area contributed by atoms with Crippen LogP contribution in [0.3, 0.4) is 0 Å². The number of pyridine rings is 1. The lowest BCUT2D eigenvalue weighted by molar-refractivity contribution is 0.0636. The number of rotatable bonds is 4. The van der Waals surface area contributed by atoms with E-state index in [2.05, 4.69) is 33.2 Å². The van der Waals surface area contributed by atoms with Crippen LogP contribution in [0.25, 0.3) is 32.2 Å². The second-order valence-electron chi connectivity index (χ2n) is 14.7. The molecule has 2 saturated heterocycles. The molecular formula is C35H37F2N7O3S. The lowest BCUT2D eigenvalue weighted by Gasteiger charge is -2.22. The van der Waals surface area contributed by atoms with Crippen LogP contribution < -0.4 is 10.2 Å². The van der Waals surface area contributed by atoms with Crippen LogP contribution in [-0.2, 0) is 22.7 Å². The van der Waals surface area contributed by atoms with Crippen molar-refractivity contribution in [3.05, 3.63) is 40.7 Å². The van der Waals surface area contributed by atoms with Crippen molar-refractivity contribution in [3.8, 4) is 17.3 Å². The molecule has 1 aromatic carbocycles. The monoisotopic (exact) mass is 673 g/mol. The number of nitriles is 1. The number of halogens is 2. The highest BCUT2D eigenvalue weighted by molar-refractivity contribution is 7.23. The smallest absolute Gasteiger partial charge is 0.412 e. The molecule has 1 N–H and O–H groups in total. The van der Waals surface area contributed by atoms with Gasteiger partial charge in [0, 0.05) is 48.7 Å². The maximum absolute atomic E-state index is 17.0. The molecule has 3 aliphatic heterocycles. The number of hydrogen-bond donors (Lipinski definition) is 1. The van der Waals surface area contributed by atoms with Crippen molar-refractivity contribution in [2.24, 2.45) is 23.7 Å². The SMILES string of the molecule is CN1C[C@H]2CC([C@@H]3CCN(c4ncc5c6c(c(-c7ncc(F)c8sc(NC(=O)OC(C)(C)C)c(C#N)c78)c(F)c5n4)COC6)C3)C[C@H]2C1. The number of thiophene rings is 1. The molecule has 8 rings (SSSR count). The molecule has 0 bridgehead atoms. The standard InChI is InChI=1S/C35H37F2N7O3S/c1-35(2,3)47-34(45)42-32-21(9-38)27-30(39-11-25(36)31(27)48-32)26-24-16-46-15-23(24)22-10-40-33(41-29(22)28(26)37)44-6-5-17(14-44)18-7-19-12-43(4)13-20(19)8-18/h10-11,17-20H,5-8,12-16H2,1-4H3,(H,42,45)/t17-,18?,19-,20+/m1/s1. The Hall–Kier alpha value is -3.99. The van der Waals surface area contributed by atoms with Crippen molar-refractivity contribution in [2.45, 2.75) is 58.8 Å². The lowest BCUT2D eigenvalue weighted by Crippen LogP contribution is -2.27. The number of likely N-dealkylation sites (tertiary alicyclic amines) is 1. The number of ether oxygens (including phenoxy) is 2. The summed E-state index contributed by atoms with van der Waals surface area (Å²) in [5, 5.41) is 13.6. The maximum atomic E-state index is 17.0. The minimum absolute atomic E-state index is 0.0239. The summed E-state index contributed by atoms with van der Waals surface area (Å²) in [6.45, 7) is 9.54. The Morgan fingerprint density at radius 1 is 1.08 bits per heavy atom. The van der Waals surface area contributed by atoms with E-state index in [1.54, 1.807) is 27.0 Å². The van der Waals surface area contributed by atoms with E-state index in [9.17, 15) is 10.1 Å². The Balaban J connectivity index is 1.18. The fourth-order valence-electron chi connectivity index (χ4n) is 8.47. The number of hydrogen-bond acceptors (Lipinski definition) is 10. The summed E-state index contributed by atoms with van der Waals surface area (Å²) in [6, 6.07) is 2.08. The first-order valence-electron chi connectivity index (χ1n) is 16.5. The molecule has 4 atom stereocenters. The quantitative estimate of drug-likeness (QED) is 0.248. The third-order valence-electron chi connectivity index (χ3n) is 10.5. The Morgan fingerprint density at radius 2 is 1.83 bits per heavy atom. The first kappa shape index (κ1) is 31.3. The minimum Gasteiger partial charge on any atom is -0.444 e. The van der Waals surface area contributed by atoms with Crippen LogP contribution in [0.1, 0.15) is 56.7 Å². The van der Waals surface area contributed by atoms with Gasteiger partial charge < -0.3 is 19.3 Å². The number of nitrogens with zero attached hydrogens (tertiary/aromatic N) is 6. The molecule has 3 fully saturated rings. The fraction of sp³-hybridized carbons (Fsp3) is 0.514. The number of fused-ring (bicyclic) bond motifs is 5. The molecule has 1 aliphatic carbocycles. The van der Waals surface area contributed by atoms with E-state index in [1.807, 2.05) is 0 Å². The molecule has 13 heteroatoms. The van der Waals surface area contributed by atoms with Crippen molar-refractivity contribution >= 4 is 49.4 Å². The minimum atomic E-state index is -0.788. The van der Waals surface area contributed by atoms with E-state index in [4.69, 9.17) is 19.4 Å². The van der Waals surface area contributed by atoms with Crippen molar-refractivity contribution in [1.82, 2.24) is 19.9 Å². The topological polar surface area (TPSA) is 116 Å². The zero-order valence-electron chi connectivity index (χ0n) is 27.4. The summed E-state index contributed by atoms with van der Waals surface area (Å²) in [5.41, 5.74) is 0.845. The van der Waals surface area contributed by atoms with E-state index < -0.39 is 23.3 Å². The molecule has 4 aliphatic rings. The van der Waals surface area contributed by atoms with Crippen LogP contribution in [0.2, 0.25) is 0 Å². The normalized spacial score (nSPS) is 24.0. The van der Waals surface area contributed by atoms with E-state index in [0.717, 1.165) is 54.4 Å². The van der Waals surface area contributed by atoms with Gasteiger partial charge in [0.25, 0.3) is 0 Å². The Labute approximate surface area is 281 Å². The van der Waals surface area contributed by atoms with Gasteiger partial charge in [0.15, 0.2) is 11.6 Å². The van der Waals surface area contributed by atoms with Gasteiger partial charge in [-0.25, -0.2) is 23.5 Å². The van der Waals surface area contributed by atoms with Gasteiger partial charge in [-0.3, -0.25) is 10.3 Å². The molecule has 0 radical (unpaired) electrons. The highest BCUT2D eigenvalue weighted by Crippen LogP contribution is 2.48. The van der Waals surface area contributed by atoms with Gasteiger partial charge in [-0.2, -0.15) is 5.26 Å². The molecule has 1 amide bonds. The van der Waals surface area contributed by atoms with Crippen molar-refractivity contribution in [1.29, 1.82) is 5.26 Å². The summed E-state index contributed by atoms with van der Waals surface area (Å²) in [5.74, 6) is 2.03. The zero-order chi connectivity index (χ0) is 33.5. The van der Waals surface area contributed by atoms with Crippen molar-refractivity contribution in [3.63, 3.8) is 0 Å². The molecule has 48 heavy (non-hydrogen) atoms. The number of carbonyl (C=O) groups is 1. The van der Waals surface area contributed by atoms with E-state index in [0.29, 0.717) is 28.7 Å². The van der Waals surface area contributed by atoms with Gasteiger partial charge in [0.1, 0.15) is 22.2 Å². The zero-order valence-corrected chi connectivity index (χ0v) is 28.2. The summed E-state index contributed by atoms with van der Waals surface area (Å²) in [6.07, 6.45) is 5.53. The van der Waals surface area contributed by atoms with E-state index in [-0.39, 0.29) is 50.6 Å². The molecule has 3 aromatic heterocycles. The average Bonchev–Trinajstić information content (AvgIpc) is 3.85. The van der Waals surface area contributed by atoms with Crippen LogP contribution in [-0.4, -0.2) is 64.8 Å². The van der Waals surface area contributed by atoms with Gasteiger partial charge in [0.05, 0.1) is 35.4 Å². The highest BCUT2D eigenvalue weighted by atomic mass is 32.1. The van der Waals surface area contributed by atoms with Gasteiger partial charge >= 0.3 is 6.09 Å². The van der Waals surface area contributed by atoms with Crippen molar-refractivity contribution in [2.75, 3.05) is 43.4 Å².